The van der Waals surface area contributed by atoms with Crippen molar-refractivity contribution in [3.05, 3.63) is 57.0 Å². The third-order valence-electron chi connectivity index (χ3n) is 3.98. The molecule has 120 valence electrons. The zero-order chi connectivity index (χ0) is 16.6. The summed E-state index contributed by atoms with van der Waals surface area (Å²) in [4.78, 5) is 29.9. The van der Waals surface area contributed by atoms with Gasteiger partial charge in [-0.15, -0.1) is 0 Å². The summed E-state index contributed by atoms with van der Waals surface area (Å²) in [5.74, 6) is 0. The summed E-state index contributed by atoms with van der Waals surface area (Å²) in [6, 6.07) is 7.64. The number of hydrogen-bond acceptors (Lipinski definition) is 3. The smallest absolute Gasteiger partial charge is 0.325 e. The molecule has 2 aromatic heterocycles. The Morgan fingerprint density at radius 1 is 1.09 bits per heavy atom. The van der Waals surface area contributed by atoms with Crippen LogP contribution in [0.25, 0.3) is 16.9 Å². The van der Waals surface area contributed by atoms with Gasteiger partial charge in [0.15, 0.2) is 11.2 Å². The second kappa shape index (κ2) is 5.87. The molecule has 0 bridgehead atoms. The normalized spacial score (nSPS) is 11.3. The van der Waals surface area contributed by atoms with E-state index < -0.39 is 0 Å². The monoisotopic (exact) mass is 312 g/mol. The van der Waals surface area contributed by atoms with Gasteiger partial charge in [-0.3, -0.25) is 9.36 Å². The van der Waals surface area contributed by atoms with Gasteiger partial charge in [0.05, 0.1) is 12.0 Å². The summed E-state index contributed by atoms with van der Waals surface area (Å²) in [6.45, 7) is 6.92. The van der Waals surface area contributed by atoms with E-state index in [0.29, 0.717) is 24.3 Å². The molecule has 0 N–H and O–H groups in total. The number of benzene rings is 1. The van der Waals surface area contributed by atoms with Crippen molar-refractivity contribution in [3.63, 3.8) is 0 Å². The lowest BCUT2D eigenvalue weighted by atomic mass is 10.2. The molecule has 0 saturated heterocycles. The summed E-state index contributed by atoms with van der Waals surface area (Å²) in [7, 11) is 0. The van der Waals surface area contributed by atoms with E-state index in [2.05, 4.69) is 4.98 Å². The highest BCUT2D eigenvalue weighted by Crippen LogP contribution is 2.13. The van der Waals surface area contributed by atoms with Crippen LogP contribution in [0.4, 0.5) is 0 Å². The van der Waals surface area contributed by atoms with Crippen molar-refractivity contribution in [2.24, 2.45) is 0 Å². The predicted octanol–water partition coefficient (Wildman–Crippen LogP) is 2.09. The summed E-state index contributed by atoms with van der Waals surface area (Å²) >= 11 is 0. The fraction of sp³-hybridized carbons (Fsp3) is 0.353. The Morgan fingerprint density at radius 2 is 1.78 bits per heavy atom. The van der Waals surface area contributed by atoms with E-state index in [1.807, 2.05) is 45.0 Å². The molecule has 0 aliphatic heterocycles. The summed E-state index contributed by atoms with van der Waals surface area (Å²) in [5.41, 5.74) is 2.11. The van der Waals surface area contributed by atoms with E-state index in [0.717, 1.165) is 17.7 Å². The van der Waals surface area contributed by atoms with E-state index in [1.165, 1.54) is 9.13 Å². The number of nitrogens with zero attached hydrogens (tertiary/aromatic N) is 4. The van der Waals surface area contributed by atoms with Gasteiger partial charge in [0.2, 0.25) is 0 Å². The molecule has 1 aromatic carbocycles. The van der Waals surface area contributed by atoms with Crippen molar-refractivity contribution < 1.29 is 0 Å². The van der Waals surface area contributed by atoms with Crippen molar-refractivity contribution in [1.29, 1.82) is 0 Å². The van der Waals surface area contributed by atoms with E-state index in [4.69, 9.17) is 0 Å². The number of rotatable bonds is 4. The van der Waals surface area contributed by atoms with Crippen molar-refractivity contribution in [2.75, 3.05) is 0 Å². The minimum atomic E-state index is -0.338. The standard InChI is InChI=1S/C17H20N4O2/c1-4-10-20-16(22)14-15(18-11-19(14)5-2)21(17(20)23)13-8-6-12(3)7-9-13/h6-9,11H,4-5,10H2,1-3H3. The number of aryl methyl sites for hydroxylation is 2. The maximum absolute atomic E-state index is 12.9. The average molecular weight is 312 g/mol. The van der Waals surface area contributed by atoms with Crippen molar-refractivity contribution in [3.8, 4) is 5.69 Å². The molecule has 0 unspecified atom stereocenters. The Morgan fingerprint density at radius 3 is 2.39 bits per heavy atom. The third kappa shape index (κ3) is 2.40. The molecule has 3 aromatic rings. The Hall–Kier alpha value is -2.63. The first kappa shape index (κ1) is 15.3. The summed E-state index contributed by atoms with van der Waals surface area (Å²) < 4.78 is 4.61. The van der Waals surface area contributed by atoms with Crippen LogP contribution >= 0.6 is 0 Å². The Balaban J connectivity index is 2.45. The van der Waals surface area contributed by atoms with E-state index in [1.54, 1.807) is 10.9 Å². The molecule has 0 amide bonds. The van der Waals surface area contributed by atoms with Crippen LogP contribution in [-0.4, -0.2) is 18.7 Å². The highest BCUT2D eigenvalue weighted by Gasteiger charge is 2.18. The first-order valence-corrected chi connectivity index (χ1v) is 7.86. The minimum absolute atomic E-state index is 0.269. The van der Waals surface area contributed by atoms with Crippen LogP contribution in [0.2, 0.25) is 0 Å². The van der Waals surface area contributed by atoms with Crippen LogP contribution in [0.3, 0.4) is 0 Å². The Kier molecular flexibility index (Phi) is 3.90. The third-order valence-corrected chi connectivity index (χ3v) is 3.98. The molecule has 0 aliphatic carbocycles. The highest BCUT2D eigenvalue weighted by molar-refractivity contribution is 5.72. The van der Waals surface area contributed by atoms with Gasteiger partial charge in [-0.1, -0.05) is 24.6 Å². The molecule has 0 aliphatic rings. The van der Waals surface area contributed by atoms with E-state index >= 15 is 0 Å². The maximum Gasteiger partial charge on any atom is 0.337 e. The van der Waals surface area contributed by atoms with Gasteiger partial charge in [0.25, 0.3) is 5.56 Å². The molecule has 6 heteroatoms. The lowest BCUT2D eigenvalue weighted by Gasteiger charge is -2.12. The minimum Gasteiger partial charge on any atom is -0.325 e. The van der Waals surface area contributed by atoms with Gasteiger partial charge in [-0.25, -0.2) is 14.3 Å². The molecular weight excluding hydrogens is 292 g/mol. The first-order chi connectivity index (χ1) is 11.1. The summed E-state index contributed by atoms with van der Waals surface area (Å²) in [6.07, 6.45) is 2.33. The molecule has 0 saturated carbocycles. The lowest BCUT2D eigenvalue weighted by Crippen LogP contribution is -2.40. The number of fused-ring (bicyclic) bond motifs is 1. The van der Waals surface area contributed by atoms with Crippen LogP contribution in [0.1, 0.15) is 25.8 Å². The van der Waals surface area contributed by atoms with Gasteiger partial charge in [-0.2, -0.15) is 0 Å². The van der Waals surface area contributed by atoms with Gasteiger partial charge < -0.3 is 4.57 Å². The van der Waals surface area contributed by atoms with Crippen molar-refractivity contribution in [2.45, 2.75) is 40.3 Å². The van der Waals surface area contributed by atoms with Crippen molar-refractivity contribution in [1.82, 2.24) is 18.7 Å². The molecule has 0 fully saturated rings. The van der Waals surface area contributed by atoms with E-state index in [-0.39, 0.29) is 11.2 Å². The fourth-order valence-electron chi connectivity index (χ4n) is 2.77. The Labute approximate surface area is 133 Å². The molecule has 2 heterocycles. The lowest BCUT2D eigenvalue weighted by molar-refractivity contribution is 0.604. The first-order valence-electron chi connectivity index (χ1n) is 7.86. The molecule has 0 atom stereocenters. The number of hydrogen-bond donors (Lipinski definition) is 0. The fourth-order valence-corrected chi connectivity index (χ4v) is 2.77. The quantitative estimate of drug-likeness (QED) is 0.741. The number of aromatic nitrogens is 4. The highest BCUT2D eigenvalue weighted by atomic mass is 16.2. The maximum atomic E-state index is 12.9. The SMILES string of the molecule is CCCn1c(=O)c2c(ncn2CC)n(-c2ccc(C)cc2)c1=O. The van der Waals surface area contributed by atoms with Gasteiger partial charge >= 0.3 is 5.69 Å². The molecular formula is C17H20N4O2. The summed E-state index contributed by atoms with van der Waals surface area (Å²) in [5, 5.41) is 0. The van der Waals surface area contributed by atoms with Gasteiger partial charge in [-0.05, 0) is 32.4 Å². The topological polar surface area (TPSA) is 61.8 Å². The van der Waals surface area contributed by atoms with Crippen LogP contribution in [0, 0.1) is 6.92 Å². The molecule has 0 spiro atoms. The second-order valence-electron chi connectivity index (χ2n) is 5.61. The average Bonchev–Trinajstić information content (AvgIpc) is 2.97. The second-order valence-corrected chi connectivity index (χ2v) is 5.61. The molecule has 3 rings (SSSR count). The Bertz CT molecular complexity index is 961. The predicted molar refractivity (Wildman–Crippen MR) is 90.3 cm³/mol. The number of imidazole rings is 1. The largest absolute Gasteiger partial charge is 0.337 e. The van der Waals surface area contributed by atoms with Crippen LogP contribution in [0.5, 0.6) is 0 Å². The van der Waals surface area contributed by atoms with Gasteiger partial charge in [0.1, 0.15) is 0 Å². The van der Waals surface area contributed by atoms with E-state index in [9.17, 15) is 9.59 Å². The zero-order valence-corrected chi connectivity index (χ0v) is 13.6. The molecule has 6 nitrogen and oxygen atoms in total. The van der Waals surface area contributed by atoms with Gasteiger partial charge in [0, 0.05) is 13.1 Å². The molecule has 0 radical (unpaired) electrons. The van der Waals surface area contributed by atoms with Crippen molar-refractivity contribution >= 4 is 11.2 Å². The van der Waals surface area contributed by atoms with Crippen LogP contribution in [0.15, 0.2) is 40.2 Å². The van der Waals surface area contributed by atoms with Crippen LogP contribution < -0.4 is 11.2 Å². The zero-order valence-electron chi connectivity index (χ0n) is 13.6. The van der Waals surface area contributed by atoms with Crippen LogP contribution in [-0.2, 0) is 13.1 Å². The molecule has 23 heavy (non-hydrogen) atoms.